The van der Waals surface area contributed by atoms with E-state index in [-0.39, 0.29) is 17.7 Å². The first-order valence-corrected chi connectivity index (χ1v) is 11.6. The highest BCUT2D eigenvalue weighted by atomic mass is 16.5. The summed E-state index contributed by atoms with van der Waals surface area (Å²) in [6.45, 7) is 6.66. The van der Waals surface area contributed by atoms with Crippen molar-refractivity contribution in [2.75, 3.05) is 52.5 Å². The van der Waals surface area contributed by atoms with Crippen molar-refractivity contribution in [3.05, 3.63) is 48.0 Å². The zero-order valence-corrected chi connectivity index (χ0v) is 18.2. The van der Waals surface area contributed by atoms with Gasteiger partial charge in [0.1, 0.15) is 0 Å². The van der Waals surface area contributed by atoms with Crippen LogP contribution in [0.5, 0.6) is 0 Å². The maximum atomic E-state index is 13.2. The van der Waals surface area contributed by atoms with Crippen LogP contribution < -0.4 is 5.32 Å². The summed E-state index contributed by atoms with van der Waals surface area (Å²) in [7, 11) is 0. The Morgan fingerprint density at radius 2 is 1.81 bits per heavy atom. The minimum Gasteiger partial charge on any atom is -0.379 e. The third-order valence-corrected chi connectivity index (χ3v) is 6.40. The van der Waals surface area contributed by atoms with Gasteiger partial charge in [-0.25, -0.2) is 0 Å². The van der Waals surface area contributed by atoms with Gasteiger partial charge in [0.25, 0.3) is 5.91 Å². The van der Waals surface area contributed by atoms with Crippen molar-refractivity contribution >= 4 is 22.6 Å². The Kier molecular flexibility index (Phi) is 7.54. The Bertz CT molecular complexity index is 889. The second-order valence-corrected chi connectivity index (χ2v) is 8.57. The third-order valence-electron chi connectivity index (χ3n) is 6.40. The number of hydrogen-bond acceptors (Lipinski definition) is 4. The fourth-order valence-corrected chi connectivity index (χ4v) is 4.60. The van der Waals surface area contributed by atoms with E-state index in [1.165, 1.54) is 0 Å². The number of carbonyl (C=O) groups is 2. The fraction of sp³-hybridized carbons (Fsp3) is 0.520. The first-order chi connectivity index (χ1) is 15.2. The highest BCUT2D eigenvalue weighted by Crippen LogP contribution is 2.23. The molecule has 0 bridgehead atoms. The summed E-state index contributed by atoms with van der Waals surface area (Å²) < 4.78 is 5.37. The Balaban J connectivity index is 1.25. The van der Waals surface area contributed by atoms with Gasteiger partial charge in [-0.2, -0.15) is 0 Å². The molecule has 6 nitrogen and oxygen atoms in total. The number of morpholine rings is 1. The van der Waals surface area contributed by atoms with E-state index in [2.05, 4.69) is 10.2 Å². The molecule has 2 saturated heterocycles. The number of likely N-dealkylation sites (tertiary alicyclic amines) is 1. The summed E-state index contributed by atoms with van der Waals surface area (Å²) in [5.74, 6) is -0.00600. The van der Waals surface area contributed by atoms with Gasteiger partial charge < -0.3 is 15.0 Å². The van der Waals surface area contributed by atoms with E-state index in [0.717, 1.165) is 74.9 Å². The monoisotopic (exact) mass is 423 g/mol. The number of nitrogens with zero attached hydrogens (tertiary/aromatic N) is 2. The number of fused-ring (bicyclic) bond motifs is 1. The van der Waals surface area contributed by atoms with E-state index in [4.69, 9.17) is 4.74 Å². The Morgan fingerprint density at radius 1 is 1.00 bits per heavy atom. The molecule has 0 spiro atoms. The van der Waals surface area contributed by atoms with Crippen molar-refractivity contribution in [2.24, 2.45) is 5.92 Å². The molecular weight excluding hydrogens is 390 g/mol. The molecule has 0 aliphatic carbocycles. The zero-order chi connectivity index (χ0) is 21.5. The predicted molar refractivity (Wildman–Crippen MR) is 122 cm³/mol. The lowest BCUT2D eigenvalue weighted by molar-refractivity contribution is -0.126. The van der Waals surface area contributed by atoms with Gasteiger partial charge in [0.2, 0.25) is 5.91 Å². The zero-order valence-electron chi connectivity index (χ0n) is 18.2. The number of hydrogen-bond donors (Lipinski definition) is 1. The van der Waals surface area contributed by atoms with Crippen LogP contribution in [0.2, 0.25) is 0 Å². The molecule has 166 valence electrons. The molecule has 0 radical (unpaired) electrons. The van der Waals surface area contributed by atoms with Crippen molar-refractivity contribution in [3.8, 4) is 0 Å². The average Bonchev–Trinajstić information content (AvgIpc) is 2.83. The molecule has 2 aliphatic rings. The summed E-state index contributed by atoms with van der Waals surface area (Å²) in [4.78, 5) is 30.2. The van der Waals surface area contributed by atoms with Crippen molar-refractivity contribution in [2.45, 2.75) is 25.7 Å². The second kappa shape index (κ2) is 10.7. The lowest BCUT2D eigenvalue weighted by atomic mass is 9.95. The van der Waals surface area contributed by atoms with Crippen molar-refractivity contribution < 1.29 is 14.3 Å². The van der Waals surface area contributed by atoms with Crippen LogP contribution in [0.25, 0.3) is 10.8 Å². The molecule has 2 aromatic carbocycles. The van der Waals surface area contributed by atoms with Gasteiger partial charge in [-0.1, -0.05) is 36.4 Å². The number of rotatable bonds is 7. The van der Waals surface area contributed by atoms with Crippen molar-refractivity contribution in [1.29, 1.82) is 0 Å². The van der Waals surface area contributed by atoms with Crippen LogP contribution in [0.4, 0.5) is 0 Å². The van der Waals surface area contributed by atoms with Gasteiger partial charge in [0.05, 0.1) is 19.1 Å². The van der Waals surface area contributed by atoms with Gasteiger partial charge in [-0.15, -0.1) is 0 Å². The minimum atomic E-state index is -0.119. The fourth-order valence-electron chi connectivity index (χ4n) is 4.60. The lowest BCUT2D eigenvalue weighted by Crippen LogP contribution is -2.45. The average molecular weight is 424 g/mol. The minimum absolute atomic E-state index is 0.0276. The number of unbranched alkanes of at least 4 members (excludes halogenated alkanes) is 1. The molecule has 4 rings (SSSR count). The molecule has 2 aliphatic heterocycles. The van der Waals surface area contributed by atoms with Gasteiger partial charge in [-0.3, -0.25) is 14.5 Å². The molecule has 0 saturated carbocycles. The molecule has 0 aromatic heterocycles. The summed E-state index contributed by atoms with van der Waals surface area (Å²) in [6.07, 6.45) is 3.77. The maximum Gasteiger partial charge on any atom is 0.254 e. The first-order valence-electron chi connectivity index (χ1n) is 11.6. The van der Waals surface area contributed by atoms with Crippen LogP contribution in [0.3, 0.4) is 0 Å². The molecule has 1 unspecified atom stereocenters. The SMILES string of the molecule is O=C(NCCCCN1CCOCC1)C1CCCN(C(=O)c2cccc3ccccc23)C1. The van der Waals surface area contributed by atoms with Gasteiger partial charge >= 0.3 is 0 Å². The number of carbonyl (C=O) groups excluding carboxylic acids is 2. The third kappa shape index (κ3) is 5.63. The van der Waals surface area contributed by atoms with E-state index in [1.807, 2.05) is 47.4 Å². The summed E-state index contributed by atoms with van der Waals surface area (Å²) in [5, 5.41) is 5.14. The number of ether oxygens (including phenoxy) is 1. The van der Waals surface area contributed by atoms with Gasteiger partial charge in [0.15, 0.2) is 0 Å². The van der Waals surface area contributed by atoms with E-state index in [9.17, 15) is 9.59 Å². The Hall–Kier alpha value is -2.44. The predicted octanol–water partition coefficient (Wildman–Crippen LogP) is 2.92. The highest BCUT2D eigenvalue weighted by Gasteiger charge is 2.29. The number of amides is 2. The van der Waals surface area contributed by atoms with Gasteiger partial charge in [0, 0.05) is 38.3 Å². The molecule has 2 aromatic rings. The topological polar surface area (TPSA) is 61.9 Å². The highest BCUT2D eigenvalue weighted by molar-refractivity contribution is 6.07. The number of piperidine rings is 1. The smallest absolute Gasteiger partial charge is 0.254 e. The summed E-state index contributed by atoms with van der Waals surface area (Å²) in [5.41, 5.74) is 0.724. The van der Waals surface area contributed by atoms with E-state index < -0.39 is 0 Å². The van der Waals surface area contributed by atoms with Crippen LogP contribution in [0.1, 0.15) is 36.0 Å². The maximum absolute atomic E-state index is 13.2. The quantitative estimate of drug-likeness (QED) is 0.696. The van der Waals surface area contributed by atoms with E-state index >= 15 is 0 Å². The molecule has 31 heavy (non-hydrogen) atoms. The van der Waals surface area contributed by atoms with Crippen molar-refractivity contribution in [3.63, 3.8) is 0 Å². The van der Waals surface area contributed by atoms with E-state index in [0.29, 0.717) is 19.6 Å². The molecule has 1 N–H and O–H groups in total. The molecule has 2 heterocycles. The van der Waals surface area contributed by atoms with Crippen LogP contribution >= 0.6 is 0 Å². The van der Waals surface area contributed by atoms with Gasteiger partial charge in [-0.05, 0) is 49.1 Å². The molecule has 2 amide bonds. The summed E-state index contributed by atoms with van der Waals surface area (Å²) in [6, 6.07) is 13.8. The normalized spacial score (nSPS) is 20.0. The first kappa shape index (κ1) is 21.8. The Labute approximate surface area is 184 Å². The standard InChI is InChI=1S/C25H33N3O3/c29-24(26-12-3-4-13-27-15-17-31-18-16-27)21-9-6-14-28(19-21)25(30)23-11-5-8-20-7-1-2-10-22(20)23/h1-2,5,7-8,10-11,21H,3-4,6,9,12-19H2,(H,26,29). The second-order valence-electron chi connectivity index (χ2n) is 8.57. The van der Waals surface area contributed by atoms with Crippen LogP contribution in [0, 0.1) is 5.92 Å². The van der Waals surface area contributed by atoms with Crippen LogP contribution in [-0.2, 0) is 9.53 Å². The van der Waals surface area contributed by atoms with Crippen LogP contribution in [0.15, 0.2) is 42.5 Å². The van der Waals surface area contributed by atoms with E-state index in [1.54, 1.807) is 0 Å². The molecule has 6 heteroatoms. The molecule has 1 atom stereocenters. The number of benzene rings is 2. The van der Waals surface area contributed by atoms with Crippen molar-refractivity contribution in [1.82, 2.24) is 15.1 Å². The lowest BCUT2D eigenvalue weighted by Gasteiger charge is -2.32. The van der Waals surface area contributed by atoms with Crippen LogP contribution in [-0.4, -0.2) is 74.1 Å². The number of nitrogens with one attached hydrogen (secondary N) is 1. The Morgan fingerprint density at radius 3 is 2.68 bits per heavy atom. The molecular formula is C25H33N3O3. The molecule has 2 fully saturated rings. The largest absolute Gasteiger partial charge is 0.379 e. The summed E-state index contributed by atoms with van der Waals surface area (Å²) >= 11 is 0.